The maximum absolute atomic E-state index is 13.3. The van der Waals surface area contributed by atoms with E-state index in [0.717, 1.165) is 24.3 Å². The molecule has 1 aliphatic heterocycles. The van der Waals surface area contributed by atoms with Gasteiger partial charge in [-0.15, -0.1) is 0 Å². The maximum Gasteiger partial charge on any atom is 0.227 e. The number of aromatic nitrogens is 1. The van der Waals surface area contributed by atoms with Crippen LogP contribution in [0, 0.1) is 5.82 Å². The Bertz CT molecular complexity index is 930. The molecule has 2 heterocycles. The van der Waals surface area contributed by atoms with E-state index in [-0.39, 0.29) is 18.1 Å². The van der Waals surface area contributed by atoms with E-state index < -0.39 is 0 Å². The molecule has 0 spiro atoms. The van der Waals surface area contributed by atoms with Crippen LogP contribution in [0.25, 0.3) is 10.8 Å². The van der Waals surface area contributed by atoms with Crippen LogP contribution in [0.1, 0.15) is 5.56 Å². The van der Waals surface area contributed by atoms with Gasteiger partial charge in [0.2, 0.25) is 5.91 Å². The summed E-state index contributed by atoms with van der Waals surface area (Å²) in [6.45, 7) is 2.80. The van der Waals surface area contributed by atoms with Gasteiger partial charge < -0.3 is 9.80 Å². The number of amides is 1. The van der Waals surface area contributed by atoms with Crippen LogP contribution in [0.3, 0.4) is 0 Å². The van der Waals surface area contributed by atoms with Crippen LogP contribution in [0.15, 0.2) is 60.8 Å². The largest absolute Gasteiger partial charge is 0.353 e. The number of halogens is 1. The molecular formula is C21H20FN3O. The molecule has 1 amide bonds. The van der Waals surface area contributed by atoms with Gasteiger partial charge in [-0.1, -0.05) is 36.4 Å². The van der Waals surface area contributed by atoms with Gasteiger partial charge in [0.05, 0.1) is 6.42 Å². The second kappa shape index (κ2) is 7.12. The normalized spacial score (nSPS) is 14.7. The molecular weight excluding hydrogens is 329 g/mol. The molecule has 4 rings (SSSR count). The van der Waals surface area contributed by atoms with Crippen molar-refractivity contribution in [1.82, 2.24) is 9.88 Å². The number of rotatable bonds is 3. The van der Waals surface area contributed by atoms with E-state index in [1.54, 1.807) is 12.1 Å². The lowest BCUT2D eigenvalue weighted by atomic mass is 10.1. The van der Waals surface area contributed by atoms with E-state index in [2.05, 4.69) is 22.0 Å². The fraction of sp³-hybridized carbons (Fsp3) is 0.238. The Labute approximate surface area is 151 Å². The van der Waals surface area contributed by atoms with Gasteiger partial charge in [0.25, 0.3) is 0 Å². The Morgan fingerprint density at radius 3 is 2.62 bits per heavy atom. The molecule has 0 radical (unpaired) electrons. The third kappa shape index (κ3) is 3.38. The van der Waals surface area contributed by atoms with Gasteiger partial charge in [-0.25, -0.2) is 9.37 Å². The van der Waals surface area contributed by atoms with Crippen molar-refractivity contribution in [1.29, 1.82) is 0 Å². The molecule has 0 atom stereocenters. The summed E-state index contributed by atoms with van der Waals surface area (Å²) in [4.78, 5) is 21.1. The lowest BCUT2D eigenvalue weighted by molar-refractivity contribution is -0.130. The van der Waals surface area contributed by atoms with Crippen molar-refractivity contribution in [2.75, 3.05) is 31.1 Å². The topological polar surface area (TPSA) is 36.4 Å². The van der Waals surface area contributed by atoms with Crippen molar-refractivity contribution in [3.63, 3.8) is 0 Å². The molecule has 3 aromatic rings. The first kappa shape index (κ1) is 16.5. The number of piperazine rings is 1. The average molecular weight is 349 g/mol. The van der Waals surface area contributed by atoms with E-state index in [1.165, 1.54) is 17.5 Å². The number of anilines is 1. The summed E-state index contributed by atoms with van der Waals surface area (Å²) < 4.78 is 13.3. The van der Waals surface area contributed by atoms with Crippen LogP contribution in [0.2, 0.25) is 0 Å². The van der Waals surface area contributed by atoms with Gasteiger partial charge in [0, 0.05) is 37.8 Å². The third-order valence-corrected chi connectivity index (χ3v) is 4.83. The minimum absolute atomic E-state index is 0.0427. The van der Waals surface area contributed by atoms with Crippen LogP contribution >= 0.6 is 0 Å². The number of benzene rings is 2. The number of carbonyl (C=O) groups is 1. The number of pyridine rings is 1. The van der Waals surface area contributed by atoms with Gasteiger partial charge in [0.1, 0.15) is 11.6 Å². The zero-order valence-electron chi connectivity index (χ0n) is 14.4. The second-order valence-corrected chi connectivity index (χ2v) is 6.53. The van der Waals surface area contributed by atoms with Crippen LogP contribution in [0.5, 0.6) is 0 Å². The van der Waals surface area contributed by atoms with Gasteiger partial charge in [0.15, 0.2) is 0 Å². The highest BCUT2D eigenvalue weighted by Gasteiger charge is 2.23. The molecule has 0 N–H and O–H groups in total. The van der Waals surface area contributed by atoms with Crippen molar-refractivity contribution < 1.29 is 9.18 Å². The summed E-state index contributed by atoms with van der Waals surface area (Å²) in [5.41, 5.74) is 0.716. The first-order valence-corrected chi connectivity index (χ1v) is 8.81. The number of hydrogen-bond donors (Lipinski definition) is 0. The molecule has 2 aromatic carbocycles. The van der Waals surface area contributed by atoms with Gasteiger partial charge in [-0.05, 0) is 29.1 Å². The fourth-order valence-electron chi connectivity index (χ4n) is 3.46. The van der Waals surface area contributed by atoms with Gasteiger partial charge >= 0.3 is 0 Å². The van der Waals surface area contributed by atoms with E-state index in [4.69, 9.17) is 0 Å². The second-order valence-electron chi connectivity index (χ2n) is 6.53. The number of fused-ring (bicyclic) bond motifs is 1. The van der Waals surface area contributed by atoms with E-state index >= 15 is 0 Å². The first-order chi connectivity index (χ1) is 12.7. The Morgan fingerprint density at radius 1 is 1.00 bits per heavy atom. The summed E-state index contributed by atoms with van der Waals surface area (Å²) in [5, 5.41) is 2.30. The smallest absolute Gasteiger partial charge is 0.227 e. The number of hydrogen-bond acceptors (Lipinski definition) is 3. The third-order valence-electron chi connectivity index (χ3n) is 4.83. The molecule has 5 heteroatoms. The zero-order valence-corrected chi connectivity index (χ0v) is 14.4. The minimum atomic E-state index is -0.304. The first-order valence-electron chi connectivity index (χ1n) is 8.81. The summed E-state index contributed by atoms with van der Waals surface area (Å²) >= 11 is 0. The van der Waals surface area contributed by atoms with Crippen molar-refractivity contribution in [3.8, 4) is 0 Å². The van der Waals surface area contributed by atoms with Crippen LogP contribution in [-0.4, -0.2) is 42.0 Å². The molecule has 4 nitrogen and oxygen atoms in total. The summed E-state index contributed by atoms with van der Waals surface area (Å²) in [6.07, 6.45) is 2.07. The number of nitrogens with zero attached hydrogens (tertiary/aromatic N) is 3. The molecule has 0 aliphatic carbocycles. The highest BCUT2D eigenvalue weighted by atomic mass is 19.1. The highest BCUT2D eigenvalue weighted by Crippen LogP contribution is 2.25. The quantitative estimate of drug-likeness (QED) is 0.728. The molecule has 132 valence electrons. The molecule has 1 saturated heterocycles. The Hall–Kier alpha value is -2.95. The highest BCUT2D eigenvalue weighted by molar-refractivity contribution is 5.92. The summed E-state index contributed by atoms with van der Waals surface area (Å²) in [5.74, 6) is 0.712. The van der Waals surface area contributed by atoms with E-state index in [1.807, 2.05) is 29.3 Å². The molecule has 0 saturated carbocycles. The van der Waals surface area contributed by atoms with Crippen LogP contribution < -0.4 is 4.90 Å². The van der Waals surface area contributed by atoms with Crippen LogP contribution in [-0.2, 0) is 11.2 Å². The summed E-state index contributed by atoms with van der Waals surface area (Å²) in [6, 6.07) is 16.5. The van der Waals surface area contributed by atoms with E-state index in [0.29, 0.717) is 18.7 Å². The van der Waals surface area contributed by atoms with Crippen LogP contribution in [0.4, 0.5) is 10.2 Å². The SMILES string of the molecule is O=C(Cc1cccc(F)c1)N1CCN(c2nccc3ccccc23)CC1. The predicted molar refractivity (Wildman–Crippen MR) is 101 cm³/mol. The monoisotopic (exact) mass is 349 g/mol. The standard InChI is InChI=1S/C21H20FN3O/c22-18-6-3-4-16(14-18)15-20(26)24-10-12-25(13-11-24)21-19-7-2-1-5-17(19)8-9-23-21/h1-9,14H,10-13,15H2. The number of carbonyl (C=O) groups excluding carboxylic acids is 1. The van der Waals surface area contributed by atoms with Crippen molar-refractivity contribution in [2.45, 2.75) is 6.42 Å². The Morgan fingerprint density at radius 2 is 1.81 bits per heavy atom. The fourth-order valence-corrected chi connectivity index (χ4v) is 3.46. The molecule has 1 aliphatic rings. The lowest BCUT2D eigenvalue weighted by Crippen LogP contribution is -2.49. The van der Waals surface area contributed by atoms with Crippen molar-refractivity contribution >= 4 is 22.5 Å². The van der Waals surface area contributed by atoms with Gasteiger partial charge in [-0.3, -0.25) is 4.79 Å². The molecule has 1 aromatic heterocycles. The molecule has 26 heavy (non-hydrogen) atoms. The molecule has 0 unspecified atom stereocenters. The molecule has 0 bridgehead atoms. The van der Waals surface area contributed by atoms with Crippen molar-refractivity contribution in [3.05, 3.63) is 72.2 Å². The molecule has 1 fully saturated rings. The zero-order chi connectivity index (χ0) is 17.9. The van der Waals surface area contributed by atoms with Crippen molar-refractivity contribution in [2.24, 2.45) is 0 Å². The summed E-state index contributed by atoms with van der Waals surface area (Å²) in [7, 11) is 0. The Balaban J connectivity index is 1.43. The average Bonchev–Trinajstić information content (AvgIpc) is 2.68. The predicted octanol–water partition coefficient (Wildman–Crippen LogP) is 3.27. The van der Waals surface area contributed by atoms with Gasteiger partial charge in [-0.2, -0.15) is 0 Å². The Kier molecular flexibility index (Phi) is 4.52. The maximum atomic E-state index is 13.3. The van der Waals surface area contributed by atoms with E-state index in [9.17, 15) is 9.18 Å². The minimum Gasteiger partial charge on any atom is -0.353 e. The lowest BCUT2D eigenvalue weighted by Gasteiger charge is -2.36.